The lowest BCUT2D eigenvalue weighted by Gasteiger charge is -1.96. The van der Waals surface area contributed by atoms with Crippen LogP contribution in [0.3, 0.4) is 0 Å². The van der Waals surface area contributed by atoms with Crippen LogP contribution in [0.1, 0.15) is 12.5 Å². The Bertz CT molecular complexity index is 420. The van der Waals surface area contributed by atoms with Crippen LogP contribution >= 0.6 is 0 Å². The highest BCUT2D eigenvalue weighted by molar-refractivity contribution is 5.91. The van der Waals surface area contributed by atoms with E-state index in [0.717, 1.165) is 0 Å². The molecule has 1 aromatic heterocycles. The Hall–Kier alpha value is -1.91. The first-order valence-corrected chi connectivity index (χ1v) is 3.95. The number of hydrogen-bond acceptors (Lipinski definition) is 4. The Morgan fingerprint density at radius 1 is 1.64 bits per heavy atom. The third kappa shape index (κ3) is 2.55. The van der Waals surface area contributed by atoms with E-state index in [4.69, 9.17) is 4.74 Å². The summed E-state index contributed by atoms with van der Waals surface area (Å²) in [7, 11) is 1.41. The number of allylic oxidation sites excluding steroid dienone is 1. The number of carbonyl (C=O) groups excluding carboxylic acids is 1. The van der Waals surface area contributed by atoms with Crippen molar-refractivity contribution in [1.82, 2.24) is 9.97 Å². The van der Waals surface area contributed by atoms with Crippen LogP contribution in [-0.4, -0.2) is 22.9 Å². The predicted molar refractivity (Wildman–Crippen MR) is 51.1 cm³/mol. The largest absolute Gasteiger partial charge is 0.468 e. The highest BCUT2D eigenvalue weighted by Gasteiger charge is 1.98. The standard InChI is InChI=1S/C9H10N2O3/c1-6(12)3-4-7-5-10-9(14-2)11-8(7)13/h3-5H,1-2H3,(H,10,11,13)/b4-3+. The summed E-state index contributed by atoms with van der Waals surface area (Å²) >= 11 is 0. The average molecular weight is 194 g/mol. The van der Waals surface area contributed by atoms with Gasteiger partial charge in [-0.15, -0.1) is 0 Å². The molecule has 1 aromatic rings. The number of rotatable bonds is 3. The summed E-state index contributed by atoms with van der Waals surface area (Å²) in [6, 6.07) is 0.148. The highest BCUT2D eigenvalue weighted by Crippen LogP contribution is 1.98. The molecule has 5 heteroatoms. The summed E-state index contributed by atoms with van der Waals surface area (Å²) in [5.74, 6) is -0.125. The molecule has 0 atom stereocenters. The van der Waals surface area contributed by atoms with E-state index in [2.05, 4.69) is 9.97 Å². The number of aromatic nitrogens is 2. The molecule has 74 valence electrons. The quantitative estimate of drug-likeness (QED) is 0.706. The minimum absolute atomic E-state index is 0.125. The molecule has 1 N–H and O–H groups in total. The molecule has 0 aliphatic heterocycles. The van der Waals surface area contributed by atoms with Crippen molar-refractivity contribution < 1.29 is 9.53 Å². The average Bonchev–Trinajstić information content (AvgIpc) is 2.15. The molecule has 0 aromatic carbocycles. The maximum Gasteiger partial charge on any atom is 0.296 e. The zero-order chi connectivity index (χ0) is 10.6. The van der Waals surface area contributed by atoms with Gasteiger partial charge in [-0.05, 0) is 19.1 Å². The molecule has 0 fully saturated rings. The van der Waals surface area contributed by atoms with Crippen molar-refractivity contribution in [3.8, 4) is 6.01 Å². The smallest absolute Gasteiger partial charge is 0.296 e. The first-order valence-electron chi connectivity index (χ1n) is 3.95. The van der Waals surface area contributed by atoms with Gasteiger partial charge in [-0.3, -0.25) is 14.6 Å². The van der Waals surface area contributed by atoms with E-state index >= 15 is 0 Å². The van der Waals surface area contributed by atoms with Crippen LogP contribution < -0.4 is 10.3 Å². The zero-order valence-corrected chi connectivity index (χ0v) is 7.90. The van der Waals surface area contributed by atoms with Crippen molar-refractivity contribution in [1.29, 1.82) is 0 Å². The summed E-state index contributed by atoms with van der Waals surface area (Å²) in [6.07, 6.45) is 4.06. The van der Waals surface area contributed by atoms with Gasteiger partial charge in [0.05, 0.1) is 12.7 Å². The number of nitrogens with zero attached hydrogens (tertiary/aromatic N) is 1. The van der Waals surface area contributed by atoms with Crippen molar-refractivity contribution in [2.24, 2.45) is 0 Å². The normalized spacial score (nSPS) is 10.4. The van der Waals surface area contributed by atoms with Crippen LogP contribution in [-0.2, 0) is 4.79 Å². The lowest BCUT2D eigenvalue weighted by molar-refractivity contribution is -0.112. The van der Waals surface area contributed by atoms with Gasteiger partial charge < -0.3 is 4.74 Å². The summed E-state index contributed by atoms with van der Waals surface area (Å²) in [4.78, 5) is 28.1. The van der Waals surface area contributed by atoms with Crippen molar-refractivity contribution in [3.63, 3.8) is 0 Å². The van der Waals surface area contributed by atoms with E-state index in [0.29, 0.717) is 5.56 Å². The van der Waals surface area contributed by atoms with Gasteiger partial charge in [-0.1, -0.05) is 0 Å². The lowest BCUT2D eigenvalue weighted by Crippen LogP contribution is -2.11. The third-order valence-electron chi connectivity index (χ3n) is 1.49. The molecule has 0 bridgehead atoms. The number of methoxy groups -OCH3 is 1. The fourth-order valence-corrected chi connectivity index (χ4v) is 0.818. The van der Waals surface area contributed by atoms with E-state index in [-0.39, 0.29) is 17.4 Å². The molecule has 0 aliphatic carbocycles. The second-order valence-electron chi connectivity index (χ2n) is 2.62. The van der Waals surface area contributed by atoms with Crippen molar-refractivity contribution in [2.75, 3.05) is 7.11 Å². The van der Waals surface area contributed by atoms with Crippen LogP contribution in [0.15, 0.2) is 17.1 Å². The van der Waals surface area contributed by atoms with Crippen LogP contribution in [0.4, 0.5) is 0 Å². The maximum atomic E-state index is 11.3. The minimum atomic E-state index is -0.339. The van der Waals surface area contributed by atoms with E-state index in [9.17, 15) is 9.59 Å². The van der Waals surface area contributed by atoms with Gasteiger partial charge in [-0.25, -0.2) is 4.98 Å². The fraction of sp³-hybridized carbons (Fsp3) is 0.222. The second kappa shape index (κ2) is 4.36. The number of hydrogen-bond donors (Lipinski definition) is 1. The summed E-state index contributed by atoms with van der Waals surface area (Å²) in [5, 5.41) is 0. The molecular formula is C9H10N2O3. The second-order valence-corrected chi connectivity index (χ2v) is 2.62. The molecule has 0 spiro atoms. The van der Waals surface area contributed by atoms with Crippen molar-refractivity contribution in [3.05, 3.63) is 28.2 Å². The van der Waals surface area contributed by atoms with E-state index in [1.807, 2.05) is 0 Å². The minimum Gasteiger partial charge on any atom is -0.468 e. The SMILES string of the molecule is COc1ncc(/C=C/C(C)=O)c(=O)[nH]1. The molecule has 0 amide bonds. The topological polar surface area (TPSA) is 72.0 Å². The Labute approximate surface area is 80.4 Å². The molecule has 0 unspecified atom stereocenters. The Morgan fingerprint density at radius 3 is 2.86 bits per heavy atom. The van der Waals surface area contributed by atoms with Crippen LogP contribution in [0.5, 0.6) is 6.01 Å². The molecule has 5 nitrogen and oxygen atoms in total. The van der Waals surface area contributed by atoms with Crippen LogP contribution in [0.2, 0.25) is 0 Å². The molecule has 0 saturated heterocycles. The lowest BCUT2D eigenvalue weighted by atomic mass is 10.3. The number of carbonyl (C=O) groups is 1. The number of aromatic amines is 1. The molecule has 1 heterocycles. The van der Waals surface area contributed by atoms with Crippen LogP contribution in [0.25, 0.3) is 6.08 Å². The predicted octanol–water partition coefficient (Wildman–Crippen LogP) is 0.381. The molecular weight excluding hydrogens is 184 g/mol. The van der Waals surface area contributed by atoms with Gasteiger partial charge in [0.2, 0.25) is 0 Å². The highest BCUT2D eigenvalue weighted by atomic mass is 16.5. The summed E-state index contributed by atoms with van der Waals surface area (Å²) in [5.41, 5.74) is -0.0182. The van der Waals surface area contributed by atoms with Gasteiger partial charge in [-0.2, -0.15) is 0 Å². The Balaban J connectivity index is 3.01. The van der Waals surface area contributed by atoms with Gasteiger partial charge in [0, 0.05) is 6.20 Å². The number of ether oxygens (including phenoxy) is 1. The number of H-pyrrole nitrogens is 1. The summed E-state index contributed by atoms with van der Waals surface area (Å²) < 4.78 is 4.72. The Morgan fingerprint density at radius 2 is 2.36 bits per heavy atom. The van der Waals surface area contributed by atoms with Gasteiger partial charge in [0.1, 0.15) is 0 Å². The Kier molecular flexibility index (Phi) is 3.17. The van der Waals surface area contributed by atoms with E-state index in [1.54, 1.807) is 0 Å². The number of ketones is 1. The first kappa shape index (κ1) is 10.2. The fourth-order valence-electron chi connectivity index (χ4n) is 0.818. The molecule has 0 radical (unpaired) electrons. The van der Waals surface area contributed by atoms with Crippen LogP contribution in [0, 0.1) is 0 Å². The molecule has 0 aliphatic rings. The van der Waals surface area contributed by atoms with Gasteiger partial charge in [0.15, 0.2) is 5.78 Å². The summed E-state index contributed by atoms with van der Waals surface area (Å²) in [6.45, 7) is 1.40. The molecule has 14 heavy (non-hydrogen) atoms. The van der Waals surface area contributed by atoms with E-state index < -0.39 is 0 Å². The van der Waals surface area contributed by atoms with Gasteiger partial charge in [0.25, 0.3) is 11.6 Å². The first-order chi connectivity index (χ1) is 6.63. The monoisotopic (exact) mass is 194 g/mol. The maximum absolute atomic E-state index is 11.3. The molecule has 1 rings (SSSR count). The van der Waals surface area contributed by atoms with E-state index in [1.165, 1.54) is 32.4 Å². The molecule has 0 saturated carbocycles. The third-order valence-corrected chi connectivity index (χ3v) is 1.49. The van der Waals surface area contributed by atoms with Crippen molar-refractivity contribution in [2.45, 2.75) is 6.92 Å². The zero-order valence-electron chi connectivity index (χ0n) is 7.90. The van der Waals surface area contributed by atoms with Gasteiger partial charge >= 0.3 is 0 Å². The number of nitrogens with one attached hydrogen (secondary N) is 1. The van der Waals surface area contributed by atoms with Crippen molar-refractivity contribution >= 4 is 11.9 Å².